The van der Waals surface area contributed by atoms with Crippen LogP contribution in [-0.4, -0.2) is 29.6 Å². The molecule has 1 unspecified atom stereocenters. The number of nitrogens with two attached hydrogens (primary N) is 1. The fourth-order valence-electron chi connectivity index (χ4n) is 1.56. The first-order chi connectivity index (χ1) is 8.99. The number of carboxylic acid groups (broad SMARTS) is 1. The van der Waals surface area contributed by atoms with E-state index in [2.05, 4.69) is 5.32 Å². The predicted molar refractivity (Wildman–Crippen MR) is 73.0 cm³/mol. The Bertz CT molecular complexity index is 451. The number of carbonyl (C=O) groups excluding carboxylic acids is 1. The predicted octanol–water partition coefficient (Wildman–Crippen LogP) is 1.19. The van der Waals surface area contributed by atoms with Crippen LogP contribution in [0, 0.1) is 0 Å². The quantitative estimate of drug-likeness (QED) is 0.701. The number of aliphatic carboxylic acids is 1. The van der Waals surface area contributed by atoms with Gasteiger partial charge >= 0.3 is 5.97 Å². The van der Waals surface area contributed by atoms with Gasteiger partial charge in [-0.15, -0.1) is 0 Å². The number of benzene rings is 1. The number of amides is 1. The molecule has 0 heterocycles. The highest BCUT2D eigenvalue weighted by Crippen LogP contribution is 2.10. The molecule has 0 spiro atoms. The third-order valence-corrected chi connectivity index (χ3v) is 2.84. The Labute approximate surface area is 116 Å². The van der Waals surface area contributed by atoms with Gasteiger partial charge in [-0.25, -0.2) is 0 Å². The highest BCUT2D eigenvalue weighted by molar-refractivity contribution is 6.30. The second-order valence-corrected chi connectivity index (χ2v) is 4.65. The van der Waals surface area contributed by atoms with E-state index in [1.807, 2.05) is 18.2 Å². The second-order valence-electron chi connectivity index (χ2n) is 4.21. The minimum atomic E-state index is -0.956. The van der Waals surface area contributed by atoms with Crippen molar-refractivity contribution in [2.75, 3.05) is 6.54 Å². The molecule has 1 rings (SSSR count). The molecule has 4 N–H and O–H groups in total. The first kappa shape index (κ1) is 15.5. The summed E-state index contributed by atoms with van der Waals surface area (Å²) in [7, 11) is 0. The highest BCUT2D eigenvalue weighted by Gasteiger charge is 2.14. The van der Waals surface area contributed by atoms with Crippen molar-refractivity contribution in [3.05, 3.63) is 34.9 Å². The van der Waals surface area contributed by atoms with Crippen molar-refractivity contribution in [2.45, 2.75) is 25.3 Å². The summed E-state index contributed by atoms with van der Waals surface area (Å²) in [6, 6.07) is 6.60. The average Bonchev–Trinajstić information content (AvgIpc) is 2.35. The Morgan fingerprint density at radius 2 is 2.16 bits per heavy atom. The van der Waals surface area contributed by atoms with Gasteiger partial charge in [-0.2, -0.15) is 0 Å². The normalized spacial score (nSPS) is 11.9. The lowest BCUT2D eigenvalue weighted by Crippen LogP contribution is -2.41. The molecule has 0 aliphatic heterocycles. The SMILES string of the molecule is NC(CCC(=O)O)C(=O)NCCc1cccc(Cl)c1. The zero-order valence-electron chi connectivity index (χ0n) is 10.4. The molecule has 5 nitrogen and oxygen atoms in total. The molecule has 0 saturated carbocycles. The molecule has 6 heteroatoms. The summed E-state index contributed by atoms with van der Waals surface area (Å²) < 4.78 is 0. The van der Waals surface area contributed by atoms with E-state index >= 15 is 0 Å². The molecule has 0 fully saturated rings. The van der Waals surface area contributed by atoms with E-state index in [0.717, 1.165) is 5.56 Å². The fourth-order valence-corrected chi connectivity index (χ4v) is 1.78. The van der Waals surface area contributed by atoms with Crippen LogP contribution in [0.5, 0.6) is 0 Å². The zero-order valence-corrected chi connectivity index (χ0v) is 11.2. The van der Waals surface area contributed by atoms with Crippen LogP contribution in [-0.2, 0) is 16.0 Å². The van der Waals surface area contributed by atoms with Crippen molar-refractivity contribution in [1.82, 2.24) is 5.32 Å². The first-order valence-corrected chi connectivity index (χ1v) is 6.36. The van der Waals surface area contributed by atoms with Crippen LogP contribution in [0.25, 0.3) is 0 Å². The van der Waals surface area contributed by atoms with Crippen LogP contribution in [0.15, 0.2) is 24.3 Å². The maximum absolute atomic E-state index is 11.6. The molecule has 104 valence electrons. The van der Waals surface area contributed by atoms with Crippen LogP contribution >= 0.6 is 11.6 Å². The van der Waals surface area contributed by atoms with Crippen molar-refractivity contribution in [1.29, 1.82) is 0 Å². The molecule has 1 aromatic rings. The number of hydrogen-bond acceptors (Lipinski definition) is 3. The standard InChI is InChI=1S/C13H17ClN2O3/c14-10-3-1-2-9(8-10)6-7-16-13(19)11(15)4-5-12(17)18/h1-3,8,11H,4-7,15H2,(H,16,19)(H,17,18). The van der Waals surface area contributed by atoms with Gasteiger partial charge in [0.2, 0.25) is 5.91 Å². The highest BCUT2D eigenvalue weighted by atomic mass is 35.5. The molecule has 0 aliphatic carbocycles. The van der Waals surface area contributed by atoms with E-state index in [4.69, 9.17) is 22.4 Å². The lowest BCUT2D eigenvalue weighted by molar-refractivity contribution is -0.137. The molecule has 19 heavy (non-hydrogen) atoms. The molecular formula is C13H17ClN2O3. The van der Waals surface area contributed by atoms with Gasteiger partial charge in [-0.3, -0.25) is 9.59 Å². The van der Waals surface area contributed by atoms with E-state index in [-0.39, 0.29) is 18.7 Å². The van der Waals surface area contributed by atoms with Gasteiger partial charge in [0.15, 0.2) is 0 Å². The van der Waals surface area contributed by atoms with Gasteiger partial charge in [0.1, 0.15) is 0 Å². The molecule has 1 atom stereocenters. The van der Waals surface area contributed by atoms with Crippen molar-refractivity contribution in [2.24, 2.45) is 5.73 Å². The number of hydrogen-bond donors (Lipinski definition) is 3. The van der Waals surface area contributed by atoms with Crippen LogP contribution in [0.3, 0.4) is 0 Å². The van der Waals surface area contributed by atoms with Gasteiger partial charge in [-0.05, 0) is 30.5 Å². The summed E-state index contributed by atoms with van der Waals surface area (Å²) in [5.41, 5.74) is 6.59. The molecule has 0 radical (unpaired) electrons. The number of rotatable bonds is 7. The minimum Gasteiger partial charge on any atom is -0.481 e. The van der Waals surface area contributed by atoms with Gasteiger partial charge in [0, 0.05) is 18.0 Å². The van der Waals surface area contributed by atoms with Crippen molar-refractivity contribution in [3.8, 4) is 0 Å². The molecule has 0 aromatic heterocycles. The Kier molecular flexibility index (Phi) is 6.32. The van der Waals surface area contributed by atoms with E-state index in [9.17, 15) is 9.59 Å². The second kappa shape index (κ2) is 7.76. The Balaban J connectivity index is 2.28. The lowest BCUT2D eigenvalue weighted by Gasteiger charge is -2.11. The minimum absolute atomic E-state index is 0.108. The lowest BCUT2D eigenvalue weighted by atomic mass is 10.1. The van der Waals surface area contributed by atoms with Gasteiger partial charge < -0.3 is 16.2 Å². The van der Waals surface area contributed by atoms with Crippen LogP contribution in [0.1, 0.15) is 18.4 Å². The number of carbonyl (C=O) groups is 2. The molecule has 0 bridgehead atoms. The maximum Gasteiger partial charge on any atom is 0.303 e. The summed E-state index contributed by atoms with van der Waals surface area (Å²) in [5, 5.41) is 11.8. The Morgan fingerprint density at radius 3 is 2.79 bits per heavy atom. The van der Waals surface area contributed by atoms with Crippen molar-refractivity contribution >= 4 is 23.5 Å². The van der Waals surface area contributed by atoms with Gasteiger partial charge in [0.25, 0.3) is 0 Å². The van der Waals surface area contributed by atoms with Gasteiger partial charge in [-0.1, -0.05) is 23.7 Å². The molecule has 1 amide bonds. The van der Waals surface area contributed by atoms with Crippen LogP contribution < -0.4 is 11.1 Å². The third-order valence-electron chi connectivity index (χ3n) is 2.61. The Morgan fingerprint density at radius 1 is 1.42 bits per heavy atom. The van der Waals surface area contributed by atoms with Crippen molar-refractivity contribution in [3.63, 3.8) is 0 Å². The number of halogens is 1. The van der Waals surface area contributed by atoms with Crippen molar-refractivity contribution < 1.29 is 14.7 Å². The molecule has 1 aromatic carbocycles. The fraction of sp³-hybridized carbons (Fsp3) is 0.385. The monoisotopic (exact) mass is 284 g/mol. The maximum atomic E-state index is 11.6. The summed E-state index contributed by atoms with van der Waals surface area (Å²) in [4.78, 5) is 21.9. The van der Waals surface area contributed by atoms with E-state index in [1.54, 1.807) is 6.07 Å². The zero-order chi connectivity index (χ0) is 14.3. The summed E-state index contributed by atoms with van der Waals surface area (Å²) in [6.07, 6.45) is 0.680. The Hall–Kier alpha value is -1.59. The topological polar surface area (TPSA) is 92.4 Å². The molecule has 0 aliphatic rings. The summed E-state index contributed by atoms with van der Waals surface area (Å²) in [5.74, 6) is -1.29. The van der Waals surface area contributed by atoms with Gasteiger partial charge in [0.05, 0.1) is 6.04 Å². The molecule has 0 saturated heterocycles. The summed E-state index contributed by atoms with van der Waals surface area (Å²) >= 11 is 5.84. The van der Waals surface area contributed by atoms with E-state index in [1.165, 1.54) is 0 Å². The van der Waals surface area contributed by atoms with E-state index < -0.39 is 12.0 Å². The number of nitrogens with one attached hydrogen (secondary N) is 1. The first-order valence-electron chi connectivity index (χ1n) is 5.98. The largest absolute Gasteiger partial charge is 0.481 e. The summed E-state index contributed by atoms with van der Waals surface area (Å²) in [6.45, 7) is 0.444. The number of carboxylic acids is 1. The average molecular weight is 285 g/mol. The van der Waals surface area contributed by atoms with Crippen LogP contribution in [0.2, 0.25) is 5.02 Å². The third kappa shape index (κ3) is 6.22. The van der Waals surface area contributed by atoms with Crippen LogP contribution in [0.4, 0.5) is 0 Å². The smallest absolute Gasteiger partial charge is 0.303 e. The van der Waals surface area contributed by atoms with E-state index in [0.29, 0.717) is 18.0 Å². The molecular weight excluding hydrogens is 268 g/mol.